The lowest BCUT2D eigenvalue weighted by Gasteiger charge is -2.58. The van der Waals surface area contributed by atoms with E-state index in [1.165, 1.54) is 11.3 Å². The van der Waals surface area contributed by atoms with E-state index in [9.17, 15) is 9.59 Å². The summed E-state index contributed by atoms with van der Waals surface area (Å²) in [7, 11) is 0. The van der Waals surface area contributed by atoms with Crippen molar-refractivity contribution in [3.05, 3.63) is 65.9 Å². The fourth-order valence-electron chi connectivity index (χ4n) is 8.91. The van der Waals surface area contributed by atoms with Crippen LogP contribution in [0.5, 0.6) is 0 Å². The molecule has 206 valence electrons. The molecule has 2 aromatic rings. The van der Waals surface area contributed by atoms with E-state index in [-0.39, 0.29) is 33.9 Å². The number of carbonyl (C=O) groups excluding carboxylic acids is 2. The lowest BCUT2D eigenvalue weighted by Crippen LogP contribution is -2.57. The van der Waals surface area contributed by atoms with E-state index in [1.54, 1.807) is 0 Å². The number of amides is 1. The number of allylic oxidation sites excluding steroid dienone is 2. The Labute approximate surface area is 234 Å². The lowest BCUT2D eigenvalue weighted by molar-refractivity contribution is -0.127. The van der Waals surface area contributed by atoms with Crippen LogP contribution in [0.2, 0.25) is 0 Å². The fourth-order valence-corrected chi connectivity index (χ4v) is 8.91. The molecule has 0 bridgehead atoms. The van der Waals surface area contributed by atoms with Crippen LogP contribution in [-0.2, 0) is 15.0 Å². The van der Waals surface area contributed by atoms with Gasteiger partial charge < -0.3 is 10.6 Å². The van der Waals surface area contributed by atoms with Crippen molar-refractivity contribution in [2.24, 2.45) is 34.5 Å². The molecule has 0 aromatic heterocycles. The Hall–Kier alpha value is -2.88. The van der Waals surface area contributed by atoms with Gasteiger partial charge in [0, 0.05) is 41.8 Å². The average Bonchev–Trinajstić information content (AvgIpc) is 3.26. The molecular formula is C35H44N2O2. The van der Waals surface area contributed by atoms with Crippen molar-refractivity contribution >= 4 is 17.4 Å². The van der Waals surface area contributed by atoms with E-state index in [0.717, 1.165) is 55.5 Å². The molecule has 6 atom stereocenters. The van der Waals surface area contributed by atoms with E-state index >= 15 is 0 Å². The van der Waals surface area contributed by atoms with E-state index in [1.807, 2.05) is 12.1 Å². The number of fused-ring (bicyclic) bond motifs is 5. The fraction of sp³-hybridized carbons (Fsp3) is 0.543. The van der Waals surface area contributed by atoms with Gasteiger partial charge in [0.1, 0.15) is 0 Å². The molecular weight excluding hydrogens is 480 g/mol. The largest absolute Gasteiger partial charge is 0.387 e. The van der Waals surface area contributed by atoms with Crippen LogP contribution in [0.3, 0.4) is 0 Å². The number of hydrogen-bond donors (Lipinski definition) is 2. The first kappa shape index (κ1) is 26.3. The summed E-state index contributed by atoms with van der Waals surface area (Å²) in [6.45, 7) is 12.4. The molecule has 1 heterocycles. The van der Waals surface area contributed by atoms with Gasteiger partial charge in [-0.15, -0.1) is 0 Å². The van der Waals surface area contributed by atoms with Crippen molar-refractivity contribution in [1.29, 1.82) is 0 Å². The van der Waals surface area contributed by atoms with Gasteiger partial charge in [-0.05, 0) is 83.4 Å². The highest BCUT2D eigenvalue weighted by Gasteiger charge is 2.60. The van der Waals surface area contributed by atoms with E-state index in [0.29, 0.717) is 24.2 Å². The molecule has 4 aliphatic rings. The van der Waals surface area contributed by atoms with Crippen LogP contribution >= 0.6 is 0 Å². The smallest absolute Gasteiger partial charge is 0.228 e. The molecule has 0 spiro atoms. The zero-order chi connectivity index (χ0) is 27.6. The molecule has 4 nitrogen and oxygen atoms in total. The van der Waals surface area contributed by atoms with Gasteiger partial charge in [-0.25, -0.2) is 0 Å². The highest BCUT2D eigenvalue weighted by molar-refractivity contribution is 5.95. The van der Waals surface area contributed by atoms with Gasteiger partial charge in [-0.3, -0.25) is 9.59 Å². The van der Waals surface area contributed by atoms with Crippen LogP contribution in [-0.4, -0.2) is 18.2 Å². The van der Waals surface area contributed by atoms with E-state index in [2.05, 4.69) is 87.7 Å². The topological polar surface area (TPSA) is 58.2 Å². The molecule has 39 heavy (non-hydrogen) atoms. The first-order valence-corrected chi connectivity index (χ1v) is 15.0. The van der Waals surface area contributed by atoms with Gasteiger partial charge in [0.05, 0.1) is 0 Å². The van der Waals surface area contributed by atoms with Crippen LogP contribution in [0.15, 0.2) is 60.3 Å². The maximum atomic E-state index is 14.1. The summed E-state index contributed by atoms with van der Waals surface area (Å²) in [6.07, 6.45) is 7.79. The molecule has 6 rings (SSSR count). The van der Waals surface area contributed by atoms with Crippen LogP contribution < -0.4 is 10.6 Å². The molecule has 2 aromatic carbocycles. The monoisotopic (exact) mass is 524 g/mol. The molecule has 3 fully saturated rings. The summed E-state index contributed by atoms with van der Waals surface area (Å²) in [5, 5.41) is 7.15. The third-order valence-corrected chi connectivity index (χ3v) is 11.1. The Morgan fingerprint density at radius 1 is 0.949 bits per heavy atom. The quantitative estimate of drug-likeness (QED) is 0.437. The van der Waals surface area contributed by atoms with Crippen LogP contribution in [0.1, 0.15) is 78.7 Å². The first-order valence-electron chi connectivity index (χ1n) is 15.0. The summed E-state index contributed by atoms with van der Waals surface area (Å²) in [5.41, 5.74) is 5.59. The number of carbonyl (C=O) groups is 2. The molecule has 1 aliphatic heterocycles. The molecule has 2 N–H and O–H groups in total. The minimum Gasteiger partial charge on any atom is -0.387 e. The van der Waals surface area contributed by atoms with Crippen LogP contribution in [0.4, 0.5) is 5.69 Å². The molecule has 1 saturated heterocycles. The summed E-state index contributed by atoms with van der Waals surface area (Å²) >= 11 is 0. The van der Waals surface area contributed by atoms with Gasteiger partial charge in [0.2, 0.25) is 5.91 Å². The number of ketones is 1. The maximum absolute atomic E-state index is 14.1. The zero-order valence-corrected chi connectivity index (χ0v) is 24.3. The highest BCUT2D eigenvalue weighted by atomic mass is 16.2. The Balaban J connectivity index is 1.26. The van der Waals surface area contributed by atoms with Crippen molar-refractivity contribution in [1.82, 2.24) is 5.32 Å². The molecule has 0 unspecified atom stereocenters. The second kappa shape index (κ2) is 9.35. The number of nitrogens with one attached hydrogen (secondary N) is 2. The third-order valence-electron chi connectivity index (χ3n) is 11.1. The number of hydrogen-bond acceptors (Lipinski definition) is 3. The average molecular weight is 525 g/mol. The van der Waals surface area contributed by atoms with Gasteiger partial charge >= 0.3 is 0 Å². The number of benzene rings is 2. The number of rotatable bonds is 3. The van der Waals surface area contributed by atoms with Crippen LogP contribution in [0.25, 0.3) is 11.1 Å². The molecule has 2 saturated carbocycles. The summed E-state index contributed by atoms with van der Waals surface area (Å²) in [5.74, 6) is 2.16. The van der Waals surface area contributed by atoms with Gasteiger partial charge in [0.25, 0.3) is 0 Å². The minimum atomic E-state index is -0.0756. The van der Waals surface area contributed by atoms with Gasteiger partial charge in [-0.2, -0.15) is 0 Å². The second-order valence-electron chi connectivity index (χ2n) is 14.2. The number of anilines is 1. The molecule has 0 radical (unpaired) electrons. The highest BCUT2D eigenvalue weighted by Crippen LogP contribution is 2.64. The molecule has 3 aliphatic carbocycles. The van der Waals surface area contributed by atoms with E-state index in [4.69, 9.17) is 0 Å². The third kappa shape index (κ3) is 4.35. The SMILES string of the molecule is CC(C)(C)c1ccc(-c2ccccc2)cc1NC(=O)[C@H]1CC[C@H]2[C@@H]3CNC4=CC(=O)CC[C@]4(C)[C@H]3CC[C@]12C. The predicted octanol–water partition coefficient (Wildman–Crippen LogP) is 7.50. The van der Waals surface area contributed by atoms with E-state index < -0.39 is 0 Å². The zero-order valence-electron chi connectivity index (χ0n) is 24.3. The maximum Gasteiger partial charge on any atom is 0.228 e. The van der Waals surface area contributed by atoms with Crippen molar-refractivity contribution in [2.75, 3.05) is 11.9 Å². The van der Waals surface area contributed by atoms with Gasteiger partial charge in [-0.1, -0.05) is 77.1 Å². The lowest BCUT2D eigenvalue weighted by atomic mass is 9.50. The van der Waals surface area contributed by atoms with Crippen molar-refractivity contribution < 1.29 is 9.59 Å². The Bertz CT molecular complexity index is 1320. The van der Waals surface area contributed by atoms with Crippen molar-refractivity contribution in [3.63, 3.8) is 0 Å². The standard InChI is InChI=1S/C35H44N2O2/c1-33(2,3)28-12-11-23(22-9-7-6-8-10-22)19-30(28)37-32(39)29-14-13-26-25-21-36-31-20-24(38)15-17-35(31,5)27(25)16-18-34(26,29)4/h6-12,19-20,25-27,29,36H,13-18,21H2,1-5H3,(H,37,39)/t25-,26-,27-,29+,34-,35+/m0/s1. The summed E-state index contributed by atoms with van der Waals surface area (Å²) in [6, 6.07) is 16.9. The van der Waals surface area contributed by atoms with Crippen LogP contribution in [0, 0.1) is 34.5 Å². The second-order valence-corrected chi connectivity index (χ2v) is 14.2. The summed E-state index contributed by atoms with van der Waals surface area (Å²) in [4.78, 5) is 26.3. The molecule has 4 heteroatoms. The summed E-state index contributed by atoms with van der Waals surface area (Å²) < 4.78 is 0. The van der Waals surface area contributed by atoms with Crippen molar-refractivity contribution in [2.45, 2.75) is 78.6 Å². The van der Waals surface area contributed by atoms with Gasteiger partial charge in [0.15, 0.2) is 5.78 Å². The van der Waals surface area contributed by atoms with Crippen molar-refractivity contribution in [3.8, 4) is 11.1 Å². The Morgan fingerprint density at radius 3 is 2.46 bits per heavy atom. The predicted molar refractivity (Wildman–Crippen MR) is 158 cm³/mol. The Kier molecular flexibility index (Phi) is 6.32. The number of piperidine rings is 1. The normalized spacial score (nSPS) is 33.8. The first-order chi connectivity index (χ1) is 18.5. The molecule has 1 amide bonds. The Morgan fingerprint density at radius 2 is 1.72 bits per heavy atom. The minimum absolute atomic E-state index is 0.00787.